The third-order valence-corrected chi connectivity index (χ3v) is 7.89. The van der Waals surface area contributed by atoms with Gasteiger partial charge in [-0.25, -0.2) is 0 Å². The van der Waals surface area contributed by atoms with E-state index in [2.05, 4.69) is 37.9 Å². The fourth-order valence-corrected chi connectivity index (χ4v) is 5.36. The summed E-state index contributed by atoms with van der Waals surface area (Å²) in [4.78, 5) is 12.9. The van der Waals surface area contributed by atoms with Gasteiger partial charge in [0, 0.05) is 19.5 Å². The number of hydrogen-bond donors (Lipinski definition) is 2. The molecule has 0 fully saturated rings. The minimum atomic E-state index is -0.653. The van der Waals surface area contributed by atoms with Gasteiger partial charge in [-0.1, -0.05) is 163 Å². The average Bonchev–Trinajstić information content (AvgIpc) is 2.94. The Kier molecular flexibility index (Phi) is 39.9. The lowest BCUT2D eigenvalue weighted by Gasteiger charge is -2.20. The quantitative estimate of drug-likeness (QED) is 0.0792. The summed E-state index contributed by atoms with van der Waals surface area (Å²) in [5.74, 6) is -0.653. The highest BCUT2D eigenvalue weighted by Gasteiger charge is 2.01. The van der Waals surface area contributed by atoms with E-state index in [-0.39, 0.29) is 0 Å². The van der Waals surface area contributed by atoms with Gasteiger partial charge in [-0.05, 0) is 45.3 Å². The summed E-state index contributed by atoms with van der Waals surface area (Å²) < 4.78 is 0. The molecule has 0 aromatic carbocycles. The Bertz CT molecular complexity index is 452. The number of nitrogens with zero attached hydrogens (tertiary/aromatic N) is 1. The van der Waals surface area contributed by atoms with Crippen LogP contribution in [0.2, 0.25) is 0 Å². The molecule has 0 saturated carbocycles. The number of carboxylic acids is 1. The summed E-state index contributed by atoms with van der Waals surface area (Å²) in [6.45, 7) is 15.2. The van der Waals surface area contributed by atoms with Crippen molar-refractivity contribution in [2.24, 2.45) is 0 Å². The summed E-state index contributed by atoms with van der Waals surface area (Å²) in [5.41, 5.74) is 0. The number of carboxylic acid groups (broad SMARTS) is 1. The molecule has 2 N–H and O–H groups in total. The molecule has 0 aromatic rings. The van der Waals surface area contributed by atoms with E-state index in [1.54, 1.807) is 0 Å². The summed E-state index contributed by atoms with van der Waals surface area (Å²) in [5, 5.41) is 12.1. The van der Waals surface area contributed by atoms with E-state index in [0.29, 0.717) is 6.42 Å². The first-order valence-corrected chi connectivity index (χ1v) is 18.3. The van der Waals surface area contributed by atoms with E-state index in [1.807, 2.05) is 0 Å². The van der Waals surface area contributed by atoms with E-state index < -0.39 is 5.97 Å². The Hall–Kier alpha value is -0.610. The lowest BCUT2D eigenvalue weighted by Crippen LogP contribution is -2.33. The highest BCUT2D eigenvalue weighted by atomic mass is 16.4. The molecule has 0 heterocycles. The van der Waals surface area contributed by atoms with Gasteiger partial charge < -0.3 is 15.3 Å². The maximum absolute atomic E-state index is 10.3. The van der Waals surface area contributed by atoms with Gasteiger partial charge in [-0.15, -0.1) is 0 Å². The number of aliphatic carboxylic acids is 1. The summed E-state index contributed by atoms with van der Waals surface area (Å²) in [6.07, 6.45) is 34.1. The van der Waals surface area contributed by atoms with Crippen LogP contribution in [0.15, 0.2) is 0 Å². The van der Waals surface area contributed by atoms with Gasteiger partial charge in [0.25, 0.3) is 0 Å². The van der Waals surface area contributed by atoms with Crippen LogP contribution in [0.5, 0.6) is 0 Å². The number of nitrogens with one attached hydrogen (secondary N) is 1. The van der Waals surface area contributed by atoms with Crippen molar-refractivity contribution >= 4 is 5.97 Å². The number of hydrogen-bond acceptors (Lipinski definition) is 3. The highest BCUT2D eigenvalue weighted by molar-refractivity contribution is 5.66. The minimum Gasteiger partial charge on any atom is -0.481 e. The Labute approximate surface area is 253 Å². The lowest BCUT2D eigenvalue weighted by atomic mass is 10.0. The van der Waals surface area contributed by atoms with Gasteiger partial charge in [-0.2, -0.15) is 0 Å². The molecular formula is C36H76N2O2. The summed E-state index contributed by atoms with van der Waals surface area (Å²) in [7, 11) is 0. The largest absolute Gasteiger partial charge is 0.481 e. The summed E-state index contributed by atoms with van der Waals surface area (Å²) >= 11 is 0. The molecule has 0 spiro atoms. The number of rotatable bonds is 32. The predicted molar refractivity (Wildman–Crippen MR) is 180 cm³/mol. The van der Waals surface area contributed by atoms with Crippen molar-refractivity contribution in [3.05, 3.63) is 0 Å². The van der Waals surface area contributed by atoms with Crippen molar-refractivity contribution in [2.45, 2.75) is 195 Å². The predicted octanol–water partition coefficient (Wildman–Crippen LogP) is 11.2. The van der Waals surface area contributed by atoms with Crippen LogP contribution in [0, 0.1) is 0 Å². The van der Waals surface area contributed by atoms with Crippen molar-refractivity contribution in [1.29, 1.82) is 0 Å². The van der Waals surface area contributed by atoms with Crippen LogP contribution >= 0.6 is 0 Å². The van der Waals surface area contributed by atoms with E-state index in [1.165, 1.54) is 174 Å². The fourth-order valence-electron chi connectivity index (χ4n) is 5.36. The van der Waals surface area contributed by atoms with Gasteiger partial charge in [0.1, 0.15) is 0 Å². The summed E-state index contributed by atoms with van der Waals surface area (Å²) in [6, 6.07) is 0. The normalized spacial score (nSPS) is 11.1. The zero-order valence-electron chi connectivity index (χ0n) is 28.2. The van der Waals surface area contributed by atoms with E-state index in [9.17, 15) is 4.79 Å². The highest BCUT2D eigenvalue weighted by Crippen LogP contribution is 2.13. The molecule has 40 heavy (non-hydrogen) atoms. The molecule has 0 aromatic heterocycles. The monoisotopic (exact) mass is 569 g/mol. The topological polar surface area (TPSA) is 52.6 Å². The van der Waals surface area contributed by atoms with Gasteiger partial charge >= 0.3 is 5.97 Å². The second kappa shape index (κ2) is 38.4. The maximum atomic E-state index is 10.3. The van der Waals surface area contributed by atoms with Crippen LogP contribution in [0.4, 0.5) is 0 Å². The molecule has 0 bridgehead atoms. The van der Waals surface area contributed by atoms with Crippen LogP contribution in [-0.4, -0.2) is 48.7 Å². The molecule has 0 atom stereocenters. The molecule has 242 valence electrons. The molecular weight excluding hydrogens is 492 g/mol. The molecule has 4 heteroatoms. The molecule has 0 aliphatic heterocycles. The molecule has 0 radical (unpaired) electrons. The first-order valence-electron chi connectivity index (χ1n) is 18.3. The average molecular weight is 569 g/mol. The van der Waals surface area contributed by atoms with Crippen molar-refractivity contribution in [2.75, 3.05) is 32.7 Å². The van der Waals surface area contributed by atoms with E-state index in [0.717, 1.165) is 19.4 Å². The number of carbonyl (C=O) groups is 1. The first kappa shape index (κ1) is 41.5. The SMILES string of the molecule is CCCCCCCCCCCCCCCCCC(=O)O.CCCCCCCCCCNCCN(CCC)CCC. The third-order valence-electron chi connectivity index (χ3n) is 7.89. The Balaban J connectivity index is 0. The molecule has 0 rings (SSSR count). The second-order valence-electron chi connectivity index (χ2n) is 12.2. The molecule has 0 aliphatic carbocycles. The van der Waals surface area contributed by atoms with Gasteiger partial charge in [0.2, 0.25) is 0 Å². The number of unbranched alkanes of at least 4 members (excludes halogenated alkanes) is 21. The minimum absolute atomic E-state index is 0.345. The van der Waals surface area contributed by atoms with Gasteiger partial charge in [0.05, 0.1) is 0 Å². The van der Waals surface area contributed by atoms with E-state index in [4.69, 9.17) is 5.11 Å². The zero-order valence-corrected chi connectivity index (χ0v) is 28.2. The van der Waals surface area contributed by atoms with Crippen LogP contribution in [0.25, 0.3) is 0 Å². The standard InChI is InChI=1S/C18H40N2.C18H36O2/c1-4-7-8-9-10-11-12-13-14-19-15-18-20(16-5-2)17-6-3;1-2-3-4-5-6-7-8-9-10-11-12-13-14-15-16-17-18(19)20/h19H,4-18H2,1-3H3;2-17H2,1H3,(H,19,20). The van der Waals surface area contributed by atoms with Crippen molar-refractivity contribution in [1.82, 2.24) is 10.2 Å². The zero-order chi connectivity index (χ0) is 29.8. The van der Waals surface area contributed by atoms with Crippen LogP contribution in [0.3, 0.4) is 0 Å². The Morgan fingerprint density at radius 1 is 0.450 bits per heavy atom. The molecule has 0 amide bonds. The third kappa shape index (κ3) is 39.5. The lowest BCUT2D eigenvalue weighted by molar-refractivity contribution is -0.137. The van der Waals surface area contributed by atoms with Crippen molar-refractivity contribution in [3.8, 4) is 0 Å². The smallest absolute Gasteiger partial charge is 0.303 e. The Morgan fingerprint density at radius 2 is 0.800 bits per heavy atom. The fraction of sp³-hybridized carbons (Fsp3) is 0.972. The molecule has 0 unspecified atom stereocenters. The first-order chi connectivity index (χ1) is 19.6. The molecule has 4 nitrogen and oxygen atoms in total. The Morgan fingerprint density at radius 3 is 1.15 bits per heavy atom. The van der Waals surface area contributed by atoms with Gasteiger partial charge in [0.15, 0.2) is 0 Å². The molecule has 0 aliphatic rings. The van der Waals surface area contributed by atoms with Gasteiger partial charge in [-0.3, -0.25) is 4.79 Å². The second-order valence-corrected chi connectivity index (χ2v) is 12.2. The van der Waals surface area contributed by atoms with Crippen molar-refractivity contribution < 1.29 is 9.90 Å². The maximum Gasteiger partial charge on any atom is 0.303 e. The van der Waals surface area contributed by atoms with E-state index >= 15 is 0 Å². The molecule has 0 saturated heterocycles. The van der Waals surface area contributed by atoms with Crippen LogP contribution in [0.1, 0.15) is 195 Å². The van der Waals surface area contributed by atoms with Crippen LogP contribution in [-0.2, 0) is 4.79 Å². The van der Waals surface area contributed by atoms with Crippen molar-refractivity contribution in [3.63, 3.8) is 0 Å². The van der Waals surface area contributed by atoms with Crippen LogP contribution < -0.4 is 5.32 Å².